The zero-order valence-corrected chi connectivity index (χ0v) is 35.4. The summed E-state index contributed by atoms with van der Waals surface area (Å²) in [5, 5.41) is 51.6. The summed E-state index contributed by atoms with van der Waals surface area (Å²) in [7, 11) is 0. The maximum absolute atomic E-state index is 14.9. The van der Waals surface area contributed by atoms with Crippen LogP contribution in [0.5, 0.6) is 0 Å². The van der Waals surface area contributed by atoms with Crippen LogP contribution in [-0.2, 0) is 38.1 Å². The van der Waals surface area contributed by atoms with Crippen LogP contribution in [0.3, 0.4) is 0 Å². The highest BCUT2D eigenvalue weighted by molar-refractivity contribution is 5.94. The average molecular weight is 862 g/mol. The van der Waals surface area contributed by atoms with Crippen molar-refractivity contribution < 1.29 is 84.5 Å². The number of ether oxygens (including phenoxy) is 5. The minimum atomic E-state index is -2.35. The Morgan fingerprint density at radius 1 is 0.918 bits per heavy atom. The van der Waals surface area contributed by atoms with Crippen LogP contribution >= 0.6 is 0 Å². The predicted molar refractivity (Wildman–Crippen MR) is 214 cm³/mol. The van der Waals surface area contributed by atoms with Crippen molar-refractivity contribution in [2.75, 3.05) is 6.61 Å². The Hall–Kier alpha value is -4.79. The molecular weight excluding hydrogens is 802 g/mol. The molecule has 2 bridgehead atoms. The monoisotopic (exact) mass is 861 g/mol. The smallest absolute Gasteiger partial charge is 0.408 e. The molecule has 2 aromatic rings. The van der Waals surface area contributed by atoms with Crippen LogP contribution in [0.25, 0.3) is 0 Å². The van der Waals surface area contributed by atoms with Crippen molar-refractivity contribution in [3.8, 4) is 0 Å². The number of aliphatic hydroxyl groups is 4. The number of carbonyl (C=O) groups excluding carboxylic acids is 5. The van der Waals surface area contributed by atoms with Gasteiger partial charge in [-0.2, -0.15) is 0 Å². The first-order valence-corrected chi connectivity index (χ1v) is 19.3. The van der Waals surface area contributed by atoms with Gasteiger partial charge in [0.25, 0.3) is 0 Å². The van der Waals surface area contributed by atoms with Gasteiger partial charge in [0, 0.05) is 25.2 Å². The summed E-state index contributed by atoms with van der Waals surface area (Å²) in [6, 6.07) is 14.6. The van der Waals surface area contributed by atoms with E-state index < -0.39 is 112 Å². The zero-order chi connectivity index (χ0) is 42.7. The zero-order valence-electron chi connectivity index (χ0n) is 35.4. The molecule has 18 nitrogen and oxygen atoms in total. The number of hydrogen-bond acceptors (Lipinski definition) is 14. The van der Waals surface area contributed by atoms with Crippen LogP contribution in [-0.4, -0.2) is 127 Å². The summed E-state index contributed by atoms with van der Waals surface area (Å²) >= 11 is 0. The number of Topliss-reactive ketones (excluding diaryl/α,β-unsaturated/α-hetero) is 1. The molecule has 2 saturated carbocycles. The predicted octanol–water partition coefficient (Wildman–Crippen LogP) is 0.786. The van der Waals surface area contributed by atoms with Gasteiger partial charge in [-0.15, -0.1) is 0 Å². The van der Waals surface area contributed by atoms with Crippen molar-refractivity contribution >= 4 is 29.8 Å². The van der Waals surface area contributed by atoms with E-state index in [1.807, 2.05) is 0 Å². The maximum atomic E-state index is 14.9. The van der Waals surface area contributed by atoms with E-state index in [0.29, 0.717) is 5.56 Å². The molecule has 0 spiro atoms. The van der Waals surface area contributed by atoms with Crippen molar-refractivity contribution in [3.05, 3.63) is 82.9 Å². The summed E-state index contributed by atoms with van der Waals surface area (Å²) in [6.07, 6.45) is -11.5. The van der Waals surface area contributed by atoms with E-state index in [9.17, 15) is 44.4 Å². The molecule has 338 valence electrons. The molecule has 11 N–H and O–H groups in total. The van der Waals surface area contributed by atoms with Gasteiger partial charge in [-0.25, -0.2) is 14.4 Å². The number of amides is 1. The van der Waals surface area contributed by atoms with Gasteiger partial charge in [-0.05, 0) is 63.5 Å². The molecule has 0 aromatic heterocycles. The van der Waals surface area contributed by atoms with Crippen LogP contribution in [0.2, 0.25) is 0 Å². The van der Waals surface area contributed by atoms with E-state index in [-0.39, 0.29) is 46.2 Å². The van der Waals surface area contributed by atoms with Crippen LogP contribution in [0.4, 0.5) is 4.79 Å². The second-order valence-corrected chi connectivity index (χ2v) is 17.6. The Morgan fingerprint density at radius 2 is 1.49 bits per heavy atom. The Balaban J connectivity index is 0.00000331. The number of nitrogens with one attached hydrogen (secondary N) is 1. The molecular formula is C43H59NO17. The molecule has 3 fully saturated rings. The van der Waals surface area contributed by atoms with Crippen LogP contribution in [0, 0.1) is 16.7 Å². The van der Waals surface area contributed by atoms with Crippen molar-refractivity contribution in [2.24, 2.45) is 16.7 Å². The standard InChI is InChI=1S/C43H53NO14.3H2O/c1-22-26(55-37(51)32(48)30(24-15-11-9-12-16-24)44-38(52)58-39(3,4)5)20-43(53)35(56-36(50)25-17-13-10-14-18-25)33-41(8,34(49)31(47)29(22)40(43,6)7)27(46)19-28-42(33,21-54-28)57-23(2)45;;;/h9-18,26-28,30-33,35,46-48,53H,19-21H2,1-8H3,(H,44,52);3*1H2/t26-,27-,28+,30?,31+,32?,33-,35-,41+,42-,43+;;;/m1.../s1. The minimum Gasteiger partial charge on any atom is -0.456 e. The second-order valence-electron chi connectivity index (χ2n) is 17.6. The molecule has 1 saturated heterocycles. The number of carbonyl (C=O) groups is 5. The highest BCUT2D eigenvalue weighted by Crippen LogP contribution is 2.64. The number of benzene rings is 2. The summed E-state index contributed by atoms with van der Waals surface area (Å²) in [6.45, 7) is 11.8. The Kier molecular flexibility index (Phi) is 14.8. The van der Waals surface area contributed by atoms with Gasteiger partial charge in [-0.3, -0.25) is 9.59 Å². The number of hydrogen-bond donors (Lipinski definition) is 5. The molecule has 18 heteroatoms. The lowest BCUT2D eigenvalue weighted by atomic mass is 9.44. The fourth-order valence-electron chi connectivity index (χ4n) is 9.56. The number of fused-ring (bicyclic) bond motifs is 5. The van der Waals surface area contributed by atoms with E-state index in [2.05, 4.69) is 5.32 Å². The Bertz CT molecular complexity index is 1980. The molecule has 6 rings (SSSR count). The fraction of sp³-hybridized carbons (Fsp3) is 0.558. The highest BCUT2D eigenvalue weighted by Gasteiger charge is 2.78. The molecule has 2 aromatic carbocycles. The average Bonchev–Trinajstić information content (AvgIpc) is 3.14. The Labute approximate surface area is 353 Å². The maximum Gasteiger partial charge on any atom is 0.408 e. The van der Waals surface area contributed by atoms with Crippen LogP contribution < -0.4 is 5.32 Å². The third-order valence-corrected chi connectivity index (χ3v) is 12.6. The van der Waals surface area contributed by atoms with E-state index in [1.54, 1.807) is 83.1 Å². The van der Waals surface area contributed by atoms with Gasteiger partial charge in [-0.1, -0.05) is 62.4 Å². The second kappa shape index (κ2) is 17.9. The highest BCUT2D eigenvalue weighted by atomic mass is 16.6. The van der Waals surface area contributed by atoms with Gasteiger partial charge >= 0.3 is 24.0 Å². The molecule has 11 atom stereocenters. The molecule has 1 amide bonds. The number of alkyl carbamates (subject to hydrolysis) is 1. The lowest BCUT2D eigenvalue weighted by Crippen LogP contribution is -2.81. The third-order valence-electron chi connectivity index (χ3n) is 12.6. The van der Waals surface area contributed by atoms with Crippen LogP contribution in [0.1, 0.15) is 90.2 Å². The van der Waals surface area contributed by atoms with Crippen molar-refractivity contribution in [2.45, 2.75) is 128 Å². The van der Waals surface area contributed by atoms with E-state index in [4.69, 9.17) is 23.7 Å². The third kappa shape index (κ3) is 8.55. The fourth-order valence-corrected chi connectivity index (χ4v) is 9.56. The molecule has 61 heavy (non-hydrogen) atoms. The van der Waals surface area contributed by atoms with Gasteiger partial charge < -0.3 is 65.9 Å². The normalized spacial score (nSPS) is 32.0. The summed E-state index contributed by atoms with van der Waals surface area (Å²) in [5.41, 5.74) is -8.14. The first kappa shape index (κ1) is 50.6. The van der Waals surface area contributed by atoms with E-state index >= 15 is 0 Å². The van der Waals surface area contributed by atoms with Gasteiger partial charge in [0.2, 0.25) is 0 Å². The lowest BCUT2D eigenvalue weighted by molar-refractivity contribution is -0.346. The number of aliphatic hydroxyl groups excluding tert-OH is 3. The van der Waals surface area contributed by atoms with Gasteiger partial charge in [0.05, 0.1) is 35.6 Å². The first-order chi connectivity index (χ1) is 27.0. The van der Waals surface area contributed by atoms with E-state index in [0.717, 1.165) is 6.92 Å². The summed E-state index contributed by atoms with van der Waals surface area (Å²) in [4.78, 5) is 68.9. The molecule has 2 unspecified atom stereocenters. The SMILES string of the molecule is CC(=O)O[C@]12CO[C@H]1C[C@@H](O)[C@]1(C)C(=O)[C@@H](O)C3=C(C)[C@H](OC(=O)C(O)C(NC(=O)OC(C)(C)C)c4ccccc4)C[C@](O)([C@H](OC(=O)c4ccccc4)[C@@H]21)C3(C)C.O.O.O. The topological polar surface area (TPSA) is 319 Å². The summed E-state index contributed by atoms with van der Waals surface area (Å²) in [5.74, 6) is -5.36. The molecule has 1 aliphatic heterocycles. The van der Waals surface area contributed by atoms with Crippen molar-refractivity contribution in [1.29, 1.82) is 0 Å². The lowest BCUT2D eigenvalue weighted by Gasteiger charge is -2.67. The number of ketones is 1. The molecule has 1 heterocycles. The minimum absolute atomic E-state index is 0. The van der Waals surface area contributed by atoms with Gasteiger partial charge in [0.15, 0.2) is 17.5 Å². The quantitative estimate of drug-likeness (QED) is 0.139. The molecule has 4 aliphatic rings. The van der Waals surface area contributed by atoms with Crippen molar-refractivity contribution in [3.63, 3.8) is 0 Å². The number of rotatable bonds is 8. The largest absolute Gasteiger partial charge is 0.456 e. The Morgan fingerprint density at radius 3 is 2.02 bits per heavy atom. The van der Waals surface area contributed by atoms with E-state index in [1.165, 1.54) is 26.0 Å². The first-order valence-electron chi connectivity index (χ1n) is 19.3. The molecule has 3 aliphatic carbocycles. The van der Waals surface area contributed by atoms with Crippen LogP contribution in [0.15, 0.2) is 71.8 Å². The van der Waals surface area contributed by atoms with Crippen molar-refractivity contribution in [1.82, 2.24) is 5.32 Å². The number of esters is 3. The molecule has 0 radical (unpaired) electrons. The van der Waals surface area contributed by atoms with Gasteiger partial charge in [0.1, 0.15) is 35.6 Å². The summed E-state index contributed by atoms with van der Waals surface area (Å²) < 4.78 is 29.5.